The molecule has 1 aromatic heterocycles. The van der Waals surface area contributed by atoms with Gasteiger partial charge in [-0.3, -0.25) is 4.98 Å². The second kappa shape index (κ2) is 6.19. The van der Waals surface area contributed by atoms with E-state index in [1.165, 1.54) is 0 Å². The molecule has 82 valence electrons. The van der Waals surface area contributed by atoms with Crippen LogP contribution in [0.5, 0.6) is 5.75 Å². The summed E-state index contributed by atoms with van der Waals surface area (Å²) in [7, 11) is 1.91. The minimum Gasteiger partial charge on any atom is -0.493 e. The fourth-order valence-electron chi connectivity index (χ4n) is 1.21. The molecular formula is C12H18N2O. The molecule has 0 aliphatic carbocycles. The Bertz CT molecular complexity index is 323. The first-order valence-corrected chi connectivity index (χ1v) is 5.08. The summed E-state index contributed by atoms with van der Waals surface area (Å²) < 4.78 is 5.66. The number of hydrogen-bond acceptors (Lipinski definition) is 3. The Morgan fingerprint density at radius 1 is 1.60 bits per heavy atom. The SMILES string of the molecule is C=C(C)CCOc1ccncc1CNC. The van der Waals surface area contributed by atoms with Crippen molar-refractivity contribution in [2.45, 2.75) is 19.9 Å². The fourth-order valence-corrected chi connectivity index (χ4v) is 1.21. The number of hydrogen-bond donors (Lipinski definition) is 1. The summed E-state index contributed by atoms with van der Waals surface area (Å²) in [5.41, 5.74) is 2.22. The number of nitrogens with zero attached hydrogens (tertiary/aromatic N) is 1. The van der Waals surface area contributed by atoms with Crippen molar-refractivity contribution in [3.63, 3.8) is 0 Å². The molecule has 0 aliphatic heterocycles. The molecule has 1 aromatic rings. The molecule has 0 atom stereocenters. The maximum atomic E-state index is 5.66. The summed E-state index contributed by atoms with van der Waals surface area (Å²) in [6.07, 6.45) is 4.46. The summed E-state index contributed by atoms with van der Waals surface area (Å²) in [6.45, 7) is 7.30. The van der Waals surface area contributed by atoms with Gasteiger partial charge in [0.1, 0.15) is 5.75 Å². The molecular weight excluding hydrogens is 188 g/mol. The third-order valence-corrected chi connectivity index (χ3v) is 2.01. The molecule has 0 saturated heterocycles. The lowest BCUT2D eigenvalue weighted by Crippen LogP contribution is -2.08. The highest BCUT2D eigenvalue weighted by molar-refractivity contribution is 5.29. The van der Waals surface area contributed by atoms with E-state index in [-0.39, 0.29) is 0 Å². The normalized spacial score (nSPS) is 10.0. The molecule has 0 aliphatic rings. The Labute approximate surface area is 91.2 Å². The van der Waals surface area contributed by atoms with E-state index in [4.69, 9.17) is 4.74 Å². The van der Waals surface area contributed by atoms with Crippen molar-refractivity contribution >= 4 is 0 Å². The largest absolute Gasteiger partial charge is 0.493 e. The lowest BCUT2D eigenvalue weighted by atomic mass is 10.2. The van der Waals surface area contributed by atoms with Crippen LogP contribution in [0, 0.1) is 0 Å². The molecule has 1 rings (SSSR count). The van der Waals surface area contributed by atoms with E-state index in [1.807, 2.05) is 26.2 Å². The molecule has 15 heavy (non-hydrogen) atoms. The van der Waals surface area contributed by atoms with Gasteiger partial charge in [0.25, 0.3) is 0 Å². The highest BCUT2D eigenvalue weighted by Gasteiger charge is 2.01. The lowest BCUT2D eigenvalue weighted by Gasteiger charge is -2.10. The Balaban J connectivity index is 2.55. The van der Waals surface area contributed by atoms with Crippen LogP contribution in [-0.4, -0.2) is 18.6 Å². The molecule has 3 nitrogen and oxygen atoms in total. The van der Waals surface area contributed by atoms with Crippen LogP contribution in [0.4, 0.5) is 0 Å². The Morgan fingerprint density at radius 2 is 2.40 bits per heavy atom. The fraction of sp³-hybridized carbons (Fsp3) is 0.417. The predicted molar refractivity (Wildman–Crippen MR) is 61.9 cm³/mol. The average molecular weight is 206 g/mol. The quantitative estimate of drug-likeness (QED) is 0.724. The van der Waals surface area contributed by atoms with Crippen LogP contribution >= 0.6 is 0 Å². The zero-order valence-corrected chi connectivity index (χ0v) is 9.42. The van der Waals surface area contributed by atoms with Crippen LogP contribution in [0.1, 0.15) is 18.9 Å². The van der Waals surface area contributed by atoms with Crippen LogP contribution in [0.25, 0.3) is 0 Å². The average Bonchev–Trinajstić information content (AvgIpc) is 2.20. The monoisotopic (exact) mass is 206 g/mol. The zero-order valence-electron chi connectivity index (χ0n) is 9.42. The minimum atomic E-state index is 0.677. The van der Waals surface area contributed by atoms with Crippen molar-refractivity contribution in [3.8, 4) is 5.75 Å². The van der Waals surface area contributed by atoms with Crippen LogP contribution in [-0.2, 0) is 6.54 Å². The van der Waals surface area contributed by atoms with Gasteiger partial charge in [0.15, 0.2) is 0 Å². The Morgan fingerprint density at radius 3 is 3.07 bits per heavy atom. The predicted octanol–water partition coefficient (Wildman–Crippen LogP) is 2.15. The van der Waals surface area contributed by atoms with Gasteiger partial charge in [0.2, 0.25) is 0 Å². The van der Waals surface area contributed by atoms with Crippen molar-refractivity contribution in [1.82, 2.24) is 10.3 Å². The first-order chi connectivity index (χ1) is 7.24. The number of pyridine rings is 1. The van der Waals surface area contributed by atoms with Crippen LogP contribution in [0.15, 0.2) is 30.6 Å². The molecule has 0 fully saturated rings. The van der Waals surface area contributed by atoms with E-state index in [9.17, 15) is 0 Å². The van der Waals surface area contributed by atoms with Crippen molar-refractivity contribution in [1.29, 1.82) is 0 Å². The Hall–Kier alpha value is -1.35. The van der Waals surface area contributed by atoms with Crippen molar-refractivity contribution in [3.05, 3.63) is 36.2 Å². The molecule has 0 aromatic carbocycles. The highest BCUT2D eigenvalue weighted by atomic mass is 16.5. The minimum absolute atomic E-state index is 0.677. The summed E-state index contributed by atoms with van der Waals surface area (Å²) in [6, 6.07) is 1.89. The van der Waals surface area contributed by atoms with Gasteiger partial charge in [0, 0.05) is 30.9 Å². The third-order valence-electron chi connectivity index (χ3n) is 2.01. The molecule has 0 bridgehead atoms. The molecule has 1 N–H and O–H groups in total. The number of aromatic nitrogens is 1. The van der Waals surface area contributed by atoms with Crippen molar-refractivity contribution in [2.75, 3.05) is 13.7 Å². The van der Waals surface area contributed by atoms with Gasteiger partial charge in [-0.25, -0.2) is 0 Å². The van der Waals surface area contributed by atoms with E-state index >= 15 is 0 Å². The topological polar surface area (TPSA) is 34.1 Å². The molecule has 0 saturated carbocycles. The summed E-state index contributed by atoms with van der Waals surface area (Å²) in [5.74, 6) is 0.903. The smallest absolute Gasteiger partial charge is 0.126 e. The zero-order chi connectivity index (χ0) is 11.1. The summed E-state index contributed by atoms with van der Waals surface area (Å²) >= 11 is 0. The van der Waals surface area contributed by atoms with Crippen LogP contribution in [0.2, 0.25) is 0 Å². The maximum Gasteiger partial charge on any atom is 0.126 e. The van der Waals surface area contributed by atoms with Crippen LogP contribution in [0.3, 0.4) is 0 Å². The molecule has 0 unspecified atom stereocenters. The van der Waals surface area contributed by atoms with E-state index in [1.54, 1.807) is 6.20 Å². The molecule has 0 spiro atoms. The van der Waals surface area contributed by atoms with Gasteiger partial charge in [-0.1, -0.05) is 5.57 Å². The standard InChI is InChI=1S/C12H18N2O/c1-10(2)5-7-15-12-4-6-14-9-11(12)8-13-3/h4,6,9,13H,1,5,7-8H2,2-3H3. The van der Waals surface area contributed by atoms with E-state index < -0.39 is 0 Å². The van der Waals surface area contributed by atoms with Crippen LogP contribution < -0.4 is 10.1 Å². The lowest BCUT2D eigenvalue weighted by molar-refractivity contribution is 0.317. The van der Waals surface area contributed by atoms with E-state index in [2.05, 4.69) is 16.9 Å². The van der Waals surface area contributed by atoms with Gasteiger partial charge >= 0.3 is 0 Å². The van der Waals surface area contributed by atoms with Gasteiger partial charge < -0.3 is 10.1 Å². The van der Waals surface area contributed by atoms with Gasteiger partial charge in [-0.15, -0.1) is 6.58 Å². The second-order valence-electron chi connectivity index (χ2n) is 3.57. The first-order valence-electron chi connectivity index (χ1n) is 5.08. The van der Waals surface area contributed by atoms with Gasteiger partial charge in [-0.05, 0) is 20.0 Å². The second-order valence-corrected chi connectivity index (χ2v) is 3.57. The van der Waals surface area contributed by atoms with Gasteiger partial charge in [-0.2, -0.15) is 0 Å². The number of nitrogens with one attached hydrogen (secondary N) is 1. The van der Waals surface area contributed by atoms with Crippen molar-refractivity contribution in [2.24, 2.45) is 0 Å². The number of rotatable bonds is 6. The molecule has 0 radical (unpaired) electrons. The van der Waals surface area contributed by atoms with E-state index in [0.29, 0.717) is 6.61 Å². The summed E-state index contributed by atoms with van der Waals surface area (Å²) in [5, 5.41) is 3.09. The first kappa shape index (κ1) is 11.7. The van der Waals surface area contributed by atoms with Gasteiger partial charge in [0.05, 0.1) is 6.61 Å². The summed E-state index contributed by atoms with van der Waals surface area (Å²) in [4.78, 5) is 4.07. The molecule has 0 amide bonds. The third kappa shape index (κ3) is 4.13. The highest BCUT2D eigenvalue weighted by Crippen LogP contribution is 2.16. The maximum absolute atomic E-state index is 5.66. The van der Waals surface area contributed by atoms with E-state index in [0.717, 1.165) is 29.9 Å². The molecule has 3 heteroatoms. The number of ether oxygens (including phenoxy) is 1. The molecule has 1 heterocycles. The Kier molecular flexibility index (Phi) is 4.84. The van der Waals surface area contributed by atoms with Crippen molar-refractivity contribution < 1.29 is 4.74 Å².